The fraction of sp³-hybridized carbons (Fsp3) is 0.588. The average molecular weight is 328 g/mol. The van der Waals surface area contributed by atoms with Crippen molar-refractivity contribution in [2.24, 2.45) is 0 Å². The highest BCUT2D eigenvalue weighted by Crippen LogP contribution is 2.36. The number of aromatic nitrogens is 4. The number of imidazole rings is 1. The molecule has 1 unspecified atom stereocenters. The van der Waals surface area contributed by atoms with Crippen LogP contribution in [0.15, 0.2) is 24.8 Å². The number of nitrogens with zero attached hydrogens (tertiary/aromatic N) is 5. The van der Waals surface area contributed by atoms with Crippen LogP contribution >= 0.6 is 0 Å². The first-order valence-corrected chi connectivity index (χ1v) is 8.63. The van der Waals surface area contributed by atoms with Crippen molar-refractivity contribution in [3.63, 3.8) is 0 Å². The van der Waals surface area contributed by atoms with Crippen molar-refractivity contribution in [2.45, 2.75) is 44.8 Å². The Balaban J connectivity index is 1.65. The van der Waals surface area contributed by atoms with E-state index < -0.39 is 0 Å². The quantitative estimate of drug-likeness (QED) is 0.906. The Morgan fingerprint density at radius 1 is 1.38 bits per heavy atom. The van der Waals surface area contributed by atoms with Crippen molar-refractivity contribution in [2.75, 3.05) is 19.6 Å². The zero-order valence-corrected chi connectivity index (χ0v) is 14.3. The first kappa shape index (κ1) is 15.4. The Labute approximate surface area is 141 Å². The molecule has 0 saturated carbocycles. The molecule has 1 saturated heterocycles. The highest BCUT2D eigenvalue weighted by molar-refractivity contribution is 5.92. The van der Waals surface area contributed by atoms with E-state index in [1.807, 2.05) is 17.4 Å². The molecule has 0 aliphatic carbocycles. The number of amides is 1. The predicted molar refractivity (Wildman–Crippen MR) is 89.5 cm³/mol. The number of likely N-dealkylation sites (tertiary alicyclic amines) is 1. The van der Waals surface area contributed by atoms with Crippen molar-refractivity contribution in [1.82, 2.24) is 29.5 Å². The van der Waals surface area contributed by atoms with Gasteiger partial charge in [0.05, 0.1) is 17.6 Å². The summed E-state index contributed by atoms with van der Waals surface area (Å²) >= 11 is 0. The Morgan fingerprint density at radius 2 is 2.25 bits per heavy atom. The second-order valence-corrected chi connectivity index (χ2v) is 7.28. The summed E-state index contributed by atoms with van der Waals surface area (Å²) in [7, 11) is 0. The second-order valence-electron chi connectivity index (χ2n) is 7.28. The lowest BCUT2D eigenvalue weighted by Crippen LogP contribution is -2.60. The van der Waals surface area contributed by atoms with E-state index in [1.165, 1.54) is 5.69 Å². The molecule has 0 radical (unpaired) electrons. The molecule has 1 spiro atoms. The Morgan fingerprint density at radius 3 is 3.00 bits per heavy atom. The van der Waals surface area contributed by atoms with Crippen molar-refractivity contribution in [3.05, 3.63) is 36.2 Å². The smallest absolute Gasteiger partial charge is 0.271 e. The van der Waals surface area contributed by atoms with Crippen LogP contribution in [0.4, 0.5) is 0 Å². The highest BCUT2D eigenvalue weighted by Gasteiger charge is 2.44. The summed E-state index contributed by atoms with van der Waals surface area (Å²) in [5, 5.41) is 6.71. The Bertz CT molecular complexity index is 721. The van der Waals surface area contributed by atoms with E-state index in [9.17, 15) is 4.79 Å². The van der Waals surface area contributed by atoms with Gasteiger partial charge in [-0.05, 0) is 32.8 Å². The third-order valence-electron chi connectivity index (χ3n) is 5.39. The van der Waals surface area contributed by atoms with Gasteiger partial charge in [-0.1, -0.05) is 0 Å². The fourth-order valence-corrected chi connectivity index (χ4v) is 4.11. The van der Waals surface area contributed by atoms with Gasteiger partial charge in [-0.25, -0.2) is 4.98 Å². The predicted octanol–water partition coefficient (Wildman–Crippen LogP) is 1.46. The molecule has 4 heterocycles. The summed E-state index contributed by atoms with van der Waals surface area (Å²) in [5.74, 6) is 0.0370. The van der Waals surface area contributed by atoms with E-state index in [4.69, 9.17) is 0 Å². The fourth-order valence-electron chi connectivity index (χ4n) is 4.11. The molecule has 2 aromatic rings. The summed E-state index contributed by atoms with van der Waals surface area (Å²) in [6.45, 7) is 7.86. The third-order valence-corrected chi connectivity index (χ3v) is 5.39. The number of fused-ring (bicyclic) bond motifs is 2. The zero-order chi connectivity index (χ0) is 16.7. The molecule has 1 amide bonds. The number of carbonyl (C=O) groups is 1. The van der Waals surface area contributed by atoms with Gasteiger partial charge in [0.15, 0.2) is 0 Å². The van der Waals surface area contributed by atoms with E-state index >= 15 is 0 Å². The summed E-state index contributed by atoms with van der Waals surface area (Å²) in [4.78, 5) is 21.6. The number of aromatic amines is 1. The lowest BCUT2D eigenvalue weighted by molar-refractivity contribution is 0.0175. The van der Waals surface area contributed by atoms with Gasteiger partial charge in [-0.2, -0.15) is 5.10 Å². The van der Waals surface area contributed by atoms with Gasteiger partial charge in [0.2, 0.25) is 0 Å². The molecule has 2 aromatic heterocycles. The van der Waals surface area contributed by atoms with Crippen LogP contribution in [0, 0.1) is 0 Å². The Hall–Kier alpha value is -2.15. The normalized spacial score (nSPS) is 24.5. The van der Waals surface area contributed by atoms with Gasteiger partial charge in [0.1, 0.15) is 5.69 Å². The van der Waals surface area contributed by atoms with E-state index in [0.29, 0.717) is 11.7 Å². The molecule has 24 heavy (non-hydrogen) atoms. The van der Waals surface area contributed by atoms with Crippen molar-refractivity contribution >= 4 is 5.91 Å². The average Bonchev–Trinajstić information content (AvgIpc) is 3.26. The van der Waals surface area contributed by atoms with E-state index in [-0.39, 0.29) is 11.4 Å². The van der Waals surface area contributed by atoms with Gasteiger partial charge in [-0.3, -0.25) is 14.8 Å². The maximum atomic E-state index is 12.8. The maximum Gasteiger partial charge on any atom is 0.271 e. The van der Waals surface area contributed by atoms with Crippen LogP contribution in [0.3, 0.4) is 0 Å². The van der Waals surface area contributed by atoms with Gasteiger partial charge in [0, 0.05) is 44.6 Å². The molecule has 2 aliphatic rings. The molecule has 7 heteroatoms. The number of carbonyl (C=O) groups excluding carboxylic acids is 1. The largest absolute Gasteiger partial charge is 0.335 e. The first-order chi connectivity index (χ1) is 11.6. The van der Waals surface area contributed by atoms with Gasteiger partial charge in [-0.15, -0.1) is 0 Å². The molecule has 4 rings (SSSR count). The molecule has 1 fully saturated rings. The second kappa shape index (κ2) is 5.73. The Kier molecular flexibility index (Phi) is 3.68. The van der Waals surface area contributed by atoms with Crippen LogP contribution in [0.2, 0.25) is 0 Å². The molecular formula is C17H24N6O. The molecule has 128 valence electrons. The third kappa shape index (κ3) is 2.43. The monoisotopic (exact) mass is 328 g/mol. The minimum Gasteiger partial charge on any atom is -0.335 e. The minimum atomic E-state index is -0.0811. The van der Waals surface area contributed by atoms with E-state index in [0.717, 1.165) is 39.0 Å². The van der Waals surface area contributed by atoms with Crippen LogP contribution in [0.1, 0.15) is 42.9 Å². The van der Waals surface area contributed by atoms with Crippen molar-refractivity contribution < 1.29 is 4.79 Å². The van der Waals surface area contributed by atoms with Crippen LogP contribution in [0.25, 0.3) is 0 Å². The van der Waals surface area contributed by atoms with Crippen LogP contribution < -0.4 is 0 Å². The molecule has 7 nitrogen and oxygen atoms in total. The number of hydrogen-bond donors (Lipinski definition) is 1. The number of nitrogens with one attached hydrogen (secondary N) is 1. The number of H-pyrrole nitrogens is 1. The molecular weight excluding hydrogens is 304 g/mol. The lowest BCUT2D eigenvalue weighted by atomic mass is 9.85. The molecule has 1 atom stereocenters. The molecule has 1 N–H and O–H groups in total. The lowest BCUT2D eigenvalue weighted by Gasteiger charge is -2.50. The highest BCUT2D eigenvalue weighted by atomic mass is 16.2. The number of rotatable bonds is 2. The summed E-state index contributed by atoms with van der Waals surface area (Å²) in [6.07, 6.45) is 7.61. The molecule has 0 bridgehead atoms. The maximum absolute atomic E-state index is 12.8. The van der Waals surface area contributed by atoms with Gasteiger partial charge in [0.25, 0.3) is 5.91 Å². The zero-order valence-electron chi connectivity index (χ0n) is 14.3. The minimum absolute atomic E-state index is 0.0370. The van der Waals surface area contributed by atoms with Crippen LogP contribution in [0.5, 0.6) is 0 Å². The van der Waals surface area contributed by atoms with Crippen LogP contribution in [-0.2, 0) is 12.1 Å². The number of piperidine rings is 1. The molecule has 2 aliphatic heterocycles. The standard InChI is InChI=1S/C17H24N6O/c1-13(2)22-9-14-8-18-12-23(14)17(11-22)5-3-7-21(10-17)16(24)15-4-6-19-20-15/h4,6,8,12-13H,3,5,7,9-11H2,1-2H3,(H,19,20). The summed E-state index contributed by atoms with van der Waals surface area (Å²) in [5.41, 5.74) is 1.72. The van der Waals surface area contributed by atoms with E-state index in [1.54, 1.807) is 12.3 Å². The summed E-state index contributed by atoms with van der Waals surface area (Å²) in [6, 6.07) is 2.22. The van der Waals surface area contributed by atoms with Crippen molar-refractivity contribution in [1.29, 1.82) is 0 Å². The first-order valence-electron chi connectivity index (χ1n) is 8.63. The summed E-state index contributed by atoms with van der Waals surface area (Å²) < 4.78 is 2.32. The topological polar surface area (TPSA) is 70.1 Å². The van der Waals surface area contributed by atoms with Gasteiger partial charge >= 0.3 is 0 Å². The van der Waals surface area contributed by atoms with E-state index in [2.05, 4.69) is 38.5 Å². The van der Waals surface area contributed by atoms with Crippen molar-refractivity contribution in [3.8, 4) is 0 Å². The number of hydrogen-bond acceptors (Lipinski definition) is 4. The SMILES string of the molecule is CC(C)N1Cc2cncn2C2(CCCN(C(=O)c3ccn[nH]3)C2)C1. The van der Waals surface area contributed by atoms with Gasteiger partial charge < -0.3 is 9.47 Å². The van der Waals surface area contributed by atoms with Crippen LogP contribution in [-0.4, -0.2) is 61.1 Å². The molecule has 0 aromatic carbocycles.